The van der Waals surface area contributed by atoms with Crippen molar-refractivity contribution in [1.29, 1.82) is 0 Å². The Morgan fingerprint density at radius 2 is 1.02 bits per heavy atom. The minimum atomic E-state index is 0.543. The summed E-state index contributed by atoms with van der Waals surface area (Å²) in [6.45, 7) is 0. The molecule has 0 aliphatic heterocycles. The number of oxazole rings is 1. The van der Waals surface area contributed by atoms with Crippen molar-refractivity contribution >= 4 is 93.8 Å². The first-order chi connectivity index (χ1) is 27.3. The van der Waals surface area contributed by atoms with Crippen molar-refractivity contribution in [2.75, 3.05) is 4.90 Å². The van der Waals surface area contributed by atoms with E-state index in [1.54, 1.807) is 0 Å². The Kier molecular flexibility index (Phi) is 6.24. The van der Waals surface area contributed by atoms with E-state index in [9.17, 15) is 0 Å². The third-order valence-electron chi connectivity index (χ3n) is 10.8. The highest BCUT2D eigenvalue weighted by Crippen LogP contribution is 2.49. The van der Waals surface area contributed by atoms with Gasteiger partial charge in [-0.15, -0.1) is 0 Å². The van der Waals surface area contributed by atoms with E-state index in [0.29, 0.717) is 17.0 Å². The molecule has 0 aliphatic rings. The monoisotopic (exact) mass is 707 g/mol. The molecule has 0 bridgehead atoms. The van der Waals surface area contributed by atoms with Gasteiger partial charge in [0.05, 0.1) is 16.7 Å². The number of hydrogen-bond donors (Lipinski definition) is 0. The predicted molar refractivity (Wildman–Crippen MR) is 223 cm³/mol. The molecular formula is C49H29N3O3. The van der Waals surface area contributed by atoms with Crippen LogP contribution in [0.25, 0.3) is 93.9 Å². The highest BCUT2D eigenvalue weighted by atomic mass is 16.4. The highest BCUT2D eigenvalue weighted by molar-refractivity contribution is 6.19. The summed E-state index contributed by atoms with van der Waals surface area (Å²) in [6, 6.07) is 60.7. The van der Waals surface area contributed by atoms with Crippen molar-refractivity contribution in [2.45, 2.75) is 0 Å². The Morgan fingerprint density at radius 1 is 0.418 bits per heavy atom. The van der Waals surface area contributed by atoms with Gasteiger partial charge in [-0.1, -0.05) is 97.1 Å². The van der Waals surface area contributed by atoms with Crippen LogP contribution in [-0.2, 0) is 0 Å². The maximum Gasteiger partial charge on any atom is 0.227 e. The zero-order valence-electron chi connectivity index (χ0n) is 29.3. The van der Waals surface area contributed by atoms with Crippen LogP contribution >= 0.6 is 0 Å². The van der Waals surface area contributed by atoms with E-state index in [-0.39, 0.29) is 0 Å². The molecule has 6 nitrogen and oxygen atoms in total. The number of para-hydroxylation sites is 4. The molecule has 55 heavy (non-hydrogen) atoms. The molecule has 0 unspecified atom stereocenters. The van der Waals surface area contributed by atoms with Crippen LogP contribution in [0.5, 0.6) is 0 Å². The molecule has 4 heterocycles. The second-order valence-corrected chi connectivity index (χ2v) is 13.9. The molecule has 12 rings (SSSR count). The zero-order chi connectivity index (χ0) is 36.0. The van der Waals surface area contributed by atoms with Gasteiger partial charge in [-0.2, -0.15) is 0 Å². The number of fused-ring (bicyclic) bond motifs is 10. The van der Waals surface area contributed by atoms with Gasteiger partial charge in [-0.3, -0.25) is 0 Å². The van der Waals surface area contributed by atoms with E-state index in [4.69, 9.17) is 18.2 Å². The Labute approximate surface area is 313 Å². The Hall–Kier alpha value is -7.57. The predicted octanol–water partition coefficient (Wildman–Crippen LogP) is 13.9. The lowest BCUT2D eigenvalue weighted by Gasteiger charge is -2.26. The van der Waals surface area contributed by atoms with Crippen molar-refractivity contribution in [2.24, 2.45) is 0 Å². The van der Waals surface area contributed by atoms with Gasteiger partial charge in [-0.05, 0) is 72.8 Å². The smallest absolute Gasteiger partial charge is 0.227 e. The van der Waals surface area contributed by atoms with Gasteiger partial charge >= 0.3 is 0 Å². The molecule has 258 valence electrons. The zero-order valence-corrected chi connectivity index (χ0v) is 29.3. The topological polar surface area (TPSA) is 60.5 Å². The molecule has 0 saturated carbocycles. The number of benzene rings is 8. The van der Waals surface area contributed by atoms with Crippen molar-refractivity contribution < 1.29 is 13.3 Å². The molecule has 0 N–H and O–H groups in total. The number of hydrogen-bond acceptors (Lipinski definition) is 5. The second-order valence-electron chi connectivity index (χ2n) is 13.9. The summed E-state index contributed by atoms with van der Waals surface area (Å²) in [7, 11) is 0. The highest BCUT2D eigenvalue weighted by Gasteiger charge is 2.28. The molecule has 0 aliphatic carbocycles. The standard InChI is InChI=1S/C49H29N3O3/c1-3-13-30(14-4-1)49-50-46-45(55-49)29-39-37-19-9-12-22-43(37)54-48(39)47(46)51(33-24-26-38-36-18-8-11-21-42(36)53-44(38)28-33)32-23-25-35-34-17-7-10-20-40(34)52(41(35)27-32)31-15-5-2-6-16-31/h1-29H. The number of furan rings is 2. The number of nitrogens with zero attached hydrogens (tertiary/aromatic N) is 3. The molecule has 8 aromatic carbocycles. The van der Waals surface area contributed by atoms with E-state index in [1.165, 1.54) is 5.39 Å². The summed E-state index contributed by atoms with van der Waals surface area (Å²) < 4.78 is 22.3. The first-order valence-corrected chi connectivity index (χ1v) is 18.4. The molecule has 0 radical (unpaired) electrons. The first-order valence-electron chi connectivity index (χ1n) is 18.4. The van der Waals surface area contributed by atoms with Gasteiger partial charge in [0.1, 0.15) is 28.0 Å². The summed E-state index contributed by atoms with van der Waals surface area (Å²) >= 11 is 0. The lowest BCUT2D eigenvalue weighted by molar-refractivity contribution is 0.620. The van der Waals surface area contributed by atoms with Crippen LogP contribution in [0.15, 0.2) is 189 Å². The van der Waals surface area contributed by atoms with Crippen LogP contribution in [0.2, 0.25) is 0 Å². The van der Waals surface area contributed by atoms with Crippen molar-refractivity contribution in [1.82, 2.24) is 9.55 Å². The summed E-state index contributed by atoms with van der Waals surface area (Å²) in [5.41, 5.74) is 11.3. The molecule has 6 heteroatoms. The van der Waals surface area contributed by atoms with E-state index in [0.717, 1.165) is 88.6 Å². The van der Waals surface area contributed by atoms with Crippen LogP contribution < -0.4 is 4.90 Å². The summed E-state index contributed by atoms with van der Waals surface area (Å²) in [6.07, 6.45) is 0. The van der Waals surface area contributed by atoms with Crippen LogP contribution in [0.1, 0.15) is 0 Å². The minimum Gasteiger partial charge on any atom is -0.456 e. The van der Waals surface area contributed by atoms with Gasteiger partial charge in [0.2, 0.25) is 5.89 Å². The van der Waals surface area contributed by atoms with Crippen LogP contribution in [0, 0.1) is 0 Å². The summed E-state index contributed by atoms with van der Waals surface area (Å²) in [5, 5.41) is 6.44. The van der Waals surface area contributed by atoms with Gasteiger partial charge < -0.3 is 22.7 Å². The molecule has 4 aromatic heterocycles. The van der Waals surface area contributed by atoms with Gasteiger partial charge in [0.15, 0.2) is 11.2 Å². The normalized spacial score (nSPS) is 12.0. The number of aromatic nitrogens is 2. The van der Waals surface area contributed by atoms with Gasteiger partial charge in [0, 0.05) is 55.3 Å². The van der Waals surface area contributed by atoms with Gasteiger partial charge in [0.25, 0.3) is 0 Å². The lowest BCUT2D eigenvalue weighted by Crippen LogP contribution is -2.11. The molecular weight excluding hydrogens is 679 g/mol. The largest absolute Gasteiger partial charge is 0.456 e. The molecule has 0 atom stereocenters. The van der Waals surface area contributed by atoms with Crippen LogP contribution in [-0.4, -0.2) is 9.55 Å². The average Bonchev–Trinajstić information content (AvgIpc) is 4.01. The van der Waals surface area contributed by atoms with Crippen molar-refractivity contribution in [3.63, 3.8) is 0 Å². The number of rotatable bonds is 5. The first kappa shape index (κ1) is 29.9. The molecule has 0 amide bonds. The average molecular weight is 708 g/mol. The van der Waals surface area contributed by atoms with E-state index >= 15 is 0 Å². The molecule has 0 saturated heterocycles. The Bertz CT molecular complexity index is 3440. The van der Waals surface area contributed by atoms with Crippen LogP contribution in [0.3, 0.4) is 0 Å². The third kappa shape index (κ3) is 4.46. The summed E-state index contributed by atoms with van der Waals surface area (Å²) in [4.78, 5) is 7.49. The van der Waals surface area contributed by atoms with E-state index in [1.807, 2.05) is 66.7 Å². The van der Waals surface area contributed by atoms with Gasteiger partial charge in [-0.25, -0.2) is 4.98 Å². The minimum absolute atomic E-state index is 0.543. The molecule has 0 spiro atoms. The van der Waals surface area contributed by atoms with E-state index < -0.39 is 0 Å². The SMILES string of the molecule is c1ccc(-c2nc3c(N(c4ccc5c(c4)oc4ccccc45)c4ccc5c6ccccc6n(-c6ccccc6)c5c4)c4oc5ccccc5c4cc3o2)cc1. The summed E-state index contributed by atoms with van der Waals surface area (Å²) in [5.74, 6) is 0.543. The van der Waals surface area contributed by atoms with Crippen molar-refractivity contribution in [3.05, 3.63) is 176 Å². The Balaban J connectivity index is 1.21. The van der Waals surface area contributed by atoms with E-state index in [2.05, 4.69) is 119 Å². The third-order valence-corrected chi connectivity index (χ3v) is 10.8. The fourth-order valence-corrected chi connectivity index (χ4v) is 8.35. The Morgan fingerprint density at radius 3 is 1.82 bits per heavy atom. The lowest BCUT2D eigenvalue weighted by atomic mass is 10.1. The number of anilines is 3. The van der Waals surface area contributed by atoms with Crippen molar-refractivity contribution in [3.8, 4) is 17.1 Å². The maximum absolute atomic E-state index is 6.84. The molecule has 0 fully saturated rings. The maximum atomic E-state index is 6.84. The quantitative estimate of drug-likeness (QED) is 0.178. The molecule has 12 aromatic rings. The second kappa shape index (κ2) is 11.5. The fourth-order valence-electron chi connectivity index (χ4n) is 8.35. The fraction of sp³-hybridized carbons (Fsp3) is 0. The van der Waals surface area contributed by atoms with Crippen LogP contribution in [0.4, 0.5) is 17.1 Å².